The van der Waals surface area contributed by atoms with Crippen molar-refractivity contribution in [3.8, 4) is 0 Å². The van der Waals surface area contributed by atoms with Gasteiger partial charge in [0.15, 0.2) is 0 Å². The number of hydrogen-bond acceptors (Lipinski definition) is 2. The smallest absolute Gasteiger partial charge is 0.0536 e. The van der Waals surface area contributed by atoms with E-state index in [9.17, 15) is 0 Å². The molecule has 1 atom stereocenters. The lowest BCUT2D eigenvalue weighted by Crippen LogP contribution is -2.23. The normalized spacial score (nSPS) is 14.9. The van der Waals surface area contributed by atoms with Gasteiger partial charge in [0.2, 0.25) is 0 Å². The summed E-state index contributed by atoms with van der Waals surface area (Å²) >= 11 is 0. The summed E-state index contributed by atoms with van der Waals surface area (Å²) < 4.78 is 0. The highest BCUT2D eigenvalue weighted by Gasteiger charge is 1.90. The van der Waals surface area contributed by atoms with Gasteiger partial charge in [-0.3, -0.25) is 4.99 Å². The van der Waals surface area contributed by atoms with Crippen molar-refractivity contribution < 1.29 is 0 Å². The summed E-state index contributed by atoms with van der Waals surface area (Å²) in [6.07, 6.45) is 1.83. The average molecular weight is 114 g/mol. The third-order valence-electron chi connectivity index (χ3n) is 1.05. The third-order valence-corrected chi connectivity index (χ3v) is 1.05. The van der Waals surface area contributed by atoms with Crippen LogP contribution >= 0.6 is 0 Å². The largest absolute Gasteiger partial charge is 0.315 e. The number of nitrogens with zero attached hydrogens (tertiary/aromatic N) is 1. The highest BCUT2D eigenvalue weighted by atomic mass is 14.9. The van der Waals surface area contributed by atoms with Gasteiger partial charge in [0.1, 0.15) is 0 Å². The maximum Gasteiger partial charge on any atom is 0.0536 e. The quantitative estimate of drug-likeness (QED) is 0.536. The first-order valence-corrected chi connectivity index (χ1v) is 2.93. The van der Waals surface area contributed by atoms with E-state index in [1.54, 1.807) is 0 Å². The van der Waals surface area contributed by atoms with Crippen LogP contribution in [0.2, 0.25) is 0 Å². The molecule has 8 heavy (non-hydrogen) atoms. The molecule has 48 valence electrons. The van der Waals surface area contributed by atoms with Crippen LogP contribution in [-0.4, -0.2) is 25.8 Å². The second-order valence-electron chi connectivity index (χ2n) is 1.81. The fourth-order valence-electron chi connectivity index (χ4n) is 0.355. The Bertz CT molecular complexity index is 68.9. The van der Waals surface area contributed by atoms with Crippen molar-refractivity contribution >= 4 is 6.21 Å². The van der Waals surface area contributed by atoms with Gasteiger partial charge >= 0.3 is 0 Å². The molecule has 0 aromatic rings. The summed E-state index contributed by atoms with van der Waals surface area (Å²) in [5, 5.41) is 3.09. The average Bonchev–Trinajstić information content (AvgIpc) is 1.83. The van der Waals surface area contributed by atoms with Crippen LogP contribution in [0.1, 0.15) is 13.8 Å². The predicted molar refractivity (Wildman–Crippen MR) is 37.6 cm³/mol. The van der Waals surface area contributed by atoms with Crippen LogP contribution in [0, 0.1) is 0 Å². The predicted octanol–water partition coefficient (Wildman–Crippen LogP) is 0.685. The Morgan fingerprint density at radius 1 is 1.75 bits per heavy atom. The van der Waals surface area contributed by atoms with Crippen molar-refractivity contribution in [2.75, 3.05) is 13.6 Å². The molecule has 0 radical (unpaired) electrons. The minimum absolute atomic E-state index is 0.506. The monoisotopic (exact) mass is 114 g/mol. The molecule has 0 fully saturated rings. The van der Waals surface area contributed by atoms with Gasteiger partial charge in [0, 0.05) is 6.04 Å². The number of rotatable bonds is 3. The Hall–Kier alpha value is -0.370. The van der Waals surface area contributed by atoms with Gasteiger partial charge in [-0.1, -0.05) is 0 Å². The second kappa shape index (κ2) is 4.78. The molecule has 0 saturated heterocycles. The van der Waals surface area contributed by atoms with E-state index in [1.807, 2.05) is 20.2 Å². The highest BCUT2D eigenvalue weighted by molar-refractivity contribution is 5.53. The summed E-state index contributed by atoms with van der Waals surface area (Å²) in [5.41, 5.74) is 0. The molecule has 0 spiro atoms. The van der Waals surface area contributed by atoms with E-state index in [0.29, 0.717) is 6.04 Å². The highest BCUT2D eigenvalue weighted by Crippen LogP contribution is 1.78. The number of aliphatic imine (C=N–C) groups is 1. The van der Waals surface area contributed by atoms with Gasteiger partial charge in [-0.15, -0.1) is 0 Å². The summed E-state index contributed by atoms with van der Waals surface area (Å²) in [4.78, 5) is 4.06. The SMILES string of the molecule is CC=NCC(C)NC. The van der Waals surface area contributed by atoms with Crippen LogP contribution in [0.25, 0.3) is 0 Å². The second-order valence-corrected chi connectivity index (χ2v) is 1.81. The maximum atomic E-state index is 4.06. The standard InChI is InChI=1S/C6H14N2/c1-4-8-5-6(2)7-3/h4,6-7H,5H2,1-3H3. The van der Waals surface area contributed by atoms with Crippen molar-refractivity contribution in [3.05, 3.63) is 0 Å². The maximum absolute atomic E-state index is 4.06. The zero-order chi connectivity index (χ0) is 6.41. The van der Waals surface area contributed by atoms with Crippen LogP contribution in [-0.2, 0) is 0 Å². The Kier molecular flexibility index (Phi) is 4.56. The van der Waals surface area contributed by atoms with E-state index >= 15 is 0 Å². The zero-order valence-electron chi connectivity index (χ0n) is 5.81. The Labute approximate surface area is 51.0 Å². The summed E-state index contributed by atoms with van der Waals surface area (Å²) in [5.74, 6) is 0. The molecule has 0 amide bonds. The van der Waals surface area contributed by atoms with Crippen LogP contribution in [0.4, 0.5) is 0 Å². The molecule has 1 N–H and O–H groups in total. The molecule has 2 nitrogen and oxygen atoms in total. The summed E-state index contributed by atoms with van der Waals surface area (Å²) in [6, 6.07) is 0.506. The van der Waals surface area contributed by atoms with E-state index in [4.69, 9.17) is 0 Å². The molecule has 0 aromatic heterocycles. The molecular formula is C6H14N2. The van der Waals surface area contributed by atoms with Crippen LogP contribution in [0.3, 0.4) is 0 Å². The number of likely N-dealkylation sites (N-methyl/N-ethyl adjacent to an activating group) is 1. The van der Waals surface area contributed by atoms with Gasteiger partial charge in [-0.05, 0) is 27.1 Å². The Morgan fingerprint density at radius 3 is 2.75 bits per heavy atom. The van der Waals surface area contributed by atoms with Gasteiger partial charge in [-0.2, -0.15) is 0 Å². The van der Waals surface area contributed by atoms with Crippen molar-refractivity contribution in [3.63, 3.8) is 0 Å². The molecule has 0 bridgehead atoms. The van der Waals surface area contributed by atoms with E-state index in [0.717, 1.165) is 6.54 Å². The molecule has 0 aliphatic heterocycles. The molecular weight excluding hydrogens is 100 g/mol. The molecule has 0 aromatic carbocycles. The lowest BCUT2D eigenvalue weighted by molar-refractivity contribution is 0.623. The topological polar surface area (TPSA) is 24.4 Å². The minimum atomic E-state index is 0.506. The molecule has 0 saturated carbocycles. The fourth-order valence-corrected chi connectivity index (χ4v) is 0.355. The third kappa shape index (κ3) is 3.81. The van der Waals surface area contributed by atoms with Gasteiger partial charge in [-0.25, -0.2) is 0 Å². The van der Waals surface area contributed by atoms with Crippen molar-refractivity contribution in [1.82, 2.24) is 5.32 Å². The Balaban J connectivity index is 3.10. The lowest BCUT2D eigenvalue weighted by Gasteiger charge is -2.03. The van der Waals surface area contributed by atoms with Gasteiger partial charge in [0.25, 0.3) is 0 Å². The Morgan fingerprint density at radius 2 is 2.38 bits per heavy atom. The van der Waals surface area contributed by atoms with E-state index in [1.165, 1.54) is 0 Å². The van der Waals surface area contributed by atoms with Gasteiger partial charge in [0.05, 0.1) is 6.54 Å². The summed E-state index contributed by atoms with van der Waals surface area (Å²) in [7, 11) is 1.94. The van der Waals surface area contributed by atoms with E-state index in [-0.39, 0.29) is 0 Å². The molecule has 0 heterocycles. The molecule has 0 aliphatic carbocycles. The van der Waals surface area contributed by atoms with E-state index < -0.39 is 0 Å². The zero-order valence-corrected chi connectivity index (χ0v) is 5.81. The lowest BCUT2D eigenvalue weighted by atomic mass is 10.3. The number of hydrogen-bond donors (Lipinski definition) is 1. The van der Waals surface area contributed by atoms with E-state index in [2.05, 4.69) is 17.2 Å². The van der Waals surface area contributed by atoms with Gasteiger partial charge < -0.3 is 5.32 Å². The number of nitrogens with one attached hydrogen (secondary N) is 1. The molecule has 2 heteroatoms. The molecule has 1 unspecified atom stereocenters. The first kappa shape index (κ1) is 7.63. The van der Waals surface area contributed by atoms with Crippen LogP contribution in [0.15, 0.2) is 4.99 Å². The van der Waals surface area contributed by atoms with Crippen molar-refractivity contribution in [2.24, 2.45) is 4.99 Å². The minimum Gasteiger partial charge on any atom is -0.315 e. The first-order chi connectivity index (χ1) is 3.81. The van der Waals surface area contributed by atoms with Crippen LogP contribution in [0.5, 0.6) is 0 Å². The summed E-state index contributed by atoms with van der Waals surface area (Å²) in [6.45, 7) is 4.92. The van der Waals surface area contributed by atoms with Crippen LogP contribution < -0.4 is 5.32 Å². The molecule has 0 aliphatic rings. The molecule has 0 rings (SSSR count). The fraction of sp³-hybridized carbons (Fsp3) is 0.833. The first-order valence-electron chi connectivity index (χ1n) is 2.93. The van der Waals surface area contributed by atoms with Crippen molar-refractivity contribution in [1.29, 1.82) is 0 Å². The van der Waals surface area contributed by atoms with Crippen molar-refractivity contribution in [2.45, 2.75) is 19.9 Å².